The highest BCUT2D eigenvalue weighted by Crippen LogP contribution is 2.17. The van der Waals surface area contributed by atoms with E-state index >= 15 is 0 Å². The zero-order valence-corrected chi connectivity index (χ0v) is 10.2. The first-order valence-electron chi connectivity index (χ1n) is 6.65. The molecule has 0 saturated carbocycles. The van der Waals surface area contributed by atoms with E-state index in [2.05, 4.69) is 31.8 Å². The maximum atomic E-state index is 4.40. The van der Waals surface area contributed by atoms with Crippen LogP contribution in [-0.2, 0) is 0 Å². The Balaban J connectivity index is 1.55. The van der Waals surface area contributed by atoms with E-state index in [9.17, 15) is 0 Å². The molecule has 94 valence electrons. The number of hydrogen-bond donors (Lipinski definition) is 3. The fourth-order valence-electron chi connectivity index (χ4n) is 2.52. The van der Waals surface area contributed by atoms with Gasteiger partial charge in [0, 0.05) is 31.7 Å². The lowest BCUT2D eigenvalue weighted by Gasteiger charge is -2.30. The maximum Gasteiger partial charge on any atom is 0.124 e. The minimum Gasteiger partial charge on any atom is -0.369 e. The third kappa shape index (κ3) is 2.45. The van der Waals surface area contributed by atoms with Crippen LogP contribution in [0.5, 0.6) is 0 Å². The van der Waals surface area contributed by atoms with Crippen LogP contribution in [0, 0.1) is 0 Å². The van der Waals surface area contributed by atoms with Crippen molar-refractivity contribution >= 4 is 5.82 Å². The number of nitrogens with one attached hydrogen (secondary N) is 3. The van der Waals surface area contributed by atoms with Gasteiger partial charge in [0.15, 0.2) is 0 Å². The average Bonchev–Trinajstić information content (AvgIpc) is 2.74. The summed E-state index contributed by atoms with van der Waals surface area (Å²) in [5.74, 6) is 1.16. The molecular formula is C12H21N5. The van der Waals surface area contributed by atoms with Gasteiger partial charge in [-0.15, -0.1) is 0 Å². The molecule has 2 aliphatic heterocycles. The molecule has 5 heteroatoms. The molecule has 1 atom stereocenters. The predicted molar refractivity (Wildman–Crippen MR) is 68.3 cm³/mol. The maximum absolute atomic E-state index is 4.40. The standard InChI is InChI=1S/C12H21N5/c1-2-5-14-10(3-1)7-15-12-4-6-16-17(12)11-8-13-9-11/h4,6,10-11,13-15H,1-3,5,7-9H2/t10-/m0/s1. The SMILES string of the molecule is c1cc(NC[C@@H]2CCCCN2)n(C2CNC2)n1. The summed E-state index contributed by atoms with van der Waals surface area (Å²) < 4.78 is 2.11. The van der Waals surface area contributed by atoms with Crippen LogP contribution in [0.2, 0.25) is 0 Å². The molecule has 3 heterocycles. The van der Waals surface area contributed by atoms with E-state index in [1.165, 1.54) is 19.3 Å². The lowest BCUT2D eigenvalue weighted by Crippen LogP contribution is -2.44. The normalized spacial score (nSPS) is 25.5. The van der Waals surface area contributed by atoms with E-state index in [0.717, 1.165) is 32.0 Å². The Morgan fingerprint density at radius 2 is 2.35 bits per heavy atom. The molecule has 0 spiro atoms. The molecule has 5 nitrogen and oxygen atoms in total. The minimum absolute atomic E-state index is 0.534. The lowest BCUT2D eigenvalue weighted by atomic mass is 10.1. The molecule has 2 saturated heterocycles. The van der Waals surface area contributed by atoms with Gasteiger partial charge in [0.25, 0.3) is 0 Å². The van der Waals surface area contributed by atoms with Crippen LogP contribution in [-0.4, -0.2) is 42.0 Å². The molecule has 0 bridgehead atoms. The molecule has 0 radical (unpaired) electrons. The molecule has 0 unspecified atom stereocenters. The molecule has 3 rings (SSSR count). The number of nitrogens with zero attached hydrogens (tertiary/aromatic N) is 2. The predicted octanol–water partition coefficient (Wildman–Crippen LogP) is 0.581. The Bertz CT molecular complexity index is 352. The van der Waals surface area contributed by atoms with Gasteiger partial charge in [-0.3, -0.25) is 0 Å². The van der Waals surface area contributed by atoms with Crippen molar-refractivity contribution in [2.24, 2.45) is 0 Å². The number of aromatic nitrogens is 2. The Morgan fingerprint density at radius 1 is 1.41 bits per heavy atom. The van der Waals surface area contributed by atoms with E-state index in [1.807, 2.05) is 6.20 Å². The molecule has 1 aromatic heterocycles. The quantitative estimate of drug-likeness (QED) is 0.714. The number of anilines is 1. The topological polar surface area (TPSA) is 53.9 Å². The summed E-state index contributed by atoms with van der Waals surface area (Å²) in [5, 5.41) is 14.8. The third-order valence-corrected chi connectivity index (χ3v) is 3.72. The molecule has 0 amide bonds. The molecule has 0 aromatic carbocycles. The Morgan fingerprint density at radius 3 is 3.06 bits per heavy atom. The molecule has 0 aliphatic carbocycles. The first kappa shape index (κ1) is 11.0. The van der Waals surface area contributed by atoms with Crippen LogP contribution < -0.4 is 16.0 Å². The van der Waals surface area contributed by atoms with Gasteiger partial charge in [0.1, 0.15) is 5.82 Å². The first-order valence-corrected chi connectivity index (χ1v) is 6.65. The second-order valence-electron chi connectivity index (χ2n) is 5.00. The van der Waals surface area contributed by atoms with Crippen molar-refractivity contribution in [2.45, 2.75) is 31.3 Å². The van der Waals surface area contributed by atoms with Gasteiger partial charge in [-0.05, 0) is 19.4 Å². The summed E-state index contributed by atoms with van der Waals surface area (Å²) in [7, 11) is 0. The number of piperidine rings is 1. The van der Waals surface area contributed by atoms with Crippen LogP contribution in [0.1, 0.15) is 25.3 Å². The molecule has 2 fully saturated rings. The van der Waals surface area contributed by atoms with Crippen molar-refractivity contribution in [3.05, 3.63) is 12.3 Å². The van der Waals surface area contributed by atoms with Gasteiger partial charge in [0.2, 0.25) is 0 Å². The van der Waals surface area contributed by atoms with Gasteiger partial charge < -0.3 is 16.0 Å². The van der Waals surface area contributed by atoms with Gasteiger partial charge in [-0.1, -0.05) is 6.42 Å². The highest BCUT2D eigenvalue weighted by atomic mass is 15.4. The summed E-state index contributed by atoms with van der Waals surface area (Å²) in [6.07, 6.45) is 5.84. The molecule has 2 aliphatic rings. The van der Waals surface area contributed by atoms with Crippen molar-refractivity contribution in [3.63, 3.8) is 0 Å². The van der Waals surface area contributed by atoms with Gasteiger partial charge in [-0.2, -0.15) is 5.10 Å². The second-order valence-corrected chi connectivity index (χ2v) is 5.00. The monoisotopic (exact) mass is 235 g/mol. The lowest BCUT2D eigenvalue weighted by molar-refractivity contribution is 0.320. The largest absolute Gasteiger partial charge is 0.369 e. The summed E-state index contributed by atoms with van der Waals surface area (Å²) in [4.78, 5) is 0. The van der Waals surface area contributed by atoms with Gasteiger partial charge in [0.05, 0.1) is 12.2 Å². The fourth-order valence-corrected chi connectivity index (χ4v) is 2.52. The van der Waals surface area contributed by atoms with Crippen molar-refractivity contribution in [1.82, 2.24) is 20.4 Å². The average molecular weight is 235 g/mol. The molecule has 3 N–H and O–H groups in total. The Kier molecular flexibility index (Phi) is 3.29. The minimum atomic E-state index is 0.534. The van der Waals surface area contributed by atoms with Crippen LogP contribution >= 0.6 is 0 Å². The first-order chi connectivity index (χ1) is 8.43. The smallest absolute Gasteiger partial charge is 0.124 e. The third-order valence-electron chi connectivity index (χ3n) is 3.72. The molecule has 1 aromatic rings. The summed E-state index contributed by atoms with van der Waals surface area (Å²) in [5.41, 5.74) is 0. The number of rotatable bonds is 4. The summed E-state index contributed by atoms with van der Waals surface area (Å²) in [6.45, 7) is 4.25. The Labute approximate surface area is 102 Å². The van der Waals surface area contributed by atoms with E-state index in [1.54, 1.807) is 0 Å². The van der Waals surface area contributed by atoms with Crippen LogP contribution in [0.15, 0.2) is 12.3 Å². The van der Waals surface area contributed by atoms with Crippen molar-refractivity contribution in [1.29, 1.82) is 0 Å². The van der Waals surface area contributed by atoms with Crippen LogP contribution in [0.25, 0.3) is 0 Å². The van der Waals surface area contributed by atoms with Crippen molar-refractivity contribution in [3.8, 4) is 0 Å². The van der Waals surface area contributed by atoms with Crippen LogP contribution in [0.3, 0.4) is 0 Å². The van der Waals surface area contributed by atoms with Gasteiger partial charge in [-0.25, -0.2) is 4.68 Å². The highest BCUT2D eigenvalue weighted by molar-refractivity contribution is 5.35. The van der Waals surface area contributed by atoms with Crippen molar-refractivity contribution in [2.75, 3.05) is 31.5 Å². The van der Waals surface area contributed by atoms with Crippen LogP contribution in [0.4, 0.5) is 5.82 Å². The molecular weight excluding hydrogens is 214 g/mol. The zero-order chi connectivity index (χ0) is 11.5. The summed E-state index contributed by atoms with van der Waals surface area (Å²) in [6, 6.07) is 3.22. The molecule has 17 heavy (non-hydrogen) atoms. The Hall–Kier alpha value is -1.07. The van der Waals surface area contributed by atoms with E-state index in [4.69, 9.17) is 0 Å². The summed E-state index contributed by atoms with van der Waals surface area (Å²) >= 11 is 0. The van der Waals surface area contributed by atoms with E-state index < -0.39 is 0 Å². The van der Waals surface area contributed by atoms with Gasteiger partial charge >= 0.3 is 0 Å². The fraction of sp³-hybridized carbons (Fsp3) is 0.750. The number of hydrogen-bond acceptors (Lipinski definition) is 4. The van der Waals surface area contributed by atoms with E-state index in [-0.39, 0.29) is 0 Å². The zero-order valence-electron chi connectivity index (χ0n) is 10.2. The van der Waals surface area contributed by atoms with E-state index in [0.29, 0.717) is 12.1 Å². The highest BCUT2D eigenvalue weighted by Gasteiger charge is 2.21. The second kappa shape index (κ2) is 5.06. The van der Waals surface area contributed by atoms with Crippen molar-refractivity contribution < 1.29 is 0 Å².